The molecule has 2 N–H and O–H groups in total. The van der Waals surface area contributed by atoms with Crippen LogP contribution in [-0.4, -0.2) is 38.3 Å². The molecular formula is C11H20N4O2S. The van der Waals surface area contributed by atoms with Crippen molar-refractivity contribution in [3.8, 4) is 0 Å². The lowest BCUT2D eigenvalue weighted by Crippen LogP contribution is -2.28. The monoisotopic (exact) mass is 272 g/mol. The highest BCUT2D eigenvalue weighted by molar-refractivity contribution is 7.90. The molecule has 0 saturated heterocycles. The Morgan fingerprint density at radius 2 is 2.00 bits per heavy atom. The maximum Gasteiger partial charge on any atom is 0.301 e. The highest BCUT2D eigenvalue weighted by Gasteiger charge is 2.12. The Hall–Kier alpha value is -1.34. The van der Waals surface area contributed by atoms with Crippen LogP contribution in [0.15, 0.2) is 18.3 Å². The molecule has 0 spiro atoms. The van der Waals surface area contributed by atoms with Crippen molar-refractivity contribution in [1.82, 2.24) is 9.29 Å². The topological polar surface area (TPSA) is 74.3 Å². The van der Waals surface area contributed by atoms with Gasteiger partial charge in [-0.25, -0.2) is 4.98 Å². The van der Waals surface area contributed by atoms with E-state index >= 15 is 0 Å². The van der Waals surface area contributed by atoms with Crippen molar-refractivity contribution in [2.75, 3.05) is 30.7 Å². The van der Waals surface area contributed by atoms with E-state index in [9.17, 15) is 8.42 Å². The van der Waals surface area contributed by atoms with Gasteiger partial charge in [0.1, 0.15) is 5.82 Å². The lowest BCUT2D eigenvalue weighted by Gasteiger charge is -2.13. The Bertz CT molecular complexity index is 468. The Morgan fingerprint density at radius 3 is 2.44 bits per heavy atom. The number of aromatic nitrogens is 1. The van der Waals surface area contributed by atoms with E-state index in [1.54, 1.807) is 12.1 Å². The van der Waals surface area contributed by atoms with Crippen LogP contribution in [0, 0.1) is 5.92 Å². The first kappa shape index (κ1) is 14.7. The van der Waals surface area contributed by atoms with Gasteiger partial charge in [-0.05, 0) is 18.1 Å². The Balaban J connectivity index is 2.66. The number of hydrogen-bond acceptors (Lipinski definition) is 4. The molecule has 102 valence electrons. The van der Waals surface area contributed by atoms with Gasteiger partial charge in [-0.2, -0.15) is 12.7 Å². The molecule has 1 aromatic heterocycles. The van der Waals surface area contributed by atoms with Crippen LogP contribution in [0.4, 0.5) is 11.5 Å². The minimum Gasteiger partial charge on any atom is -0.370 e. The molecule has 1 rings (SSSR count). The third-order valence-corrected chi connectivity index (χ3v) is 3.64. The normalized spacial score (nSPS) is 11.9. The van der Waals surface area contributed by atoms with Gasteiger partial charge in [0.05, 0.1) is 11.9 Å². The van der Waals surface area contributed by atoms with E-state index in [1.807, 2.05) is 0 Å². The van der Waals surface area contributed by atoms with Crippen LogP contribution < -0.4 is 10.0 Å². The third-order valence-electron chi connectivity index (χ3n) is 2.18. The first-order chi connectivity index (χ1) is 8.31. The number of rotatable bonds is 6. The van der Waals surface area contributed by atoms with Gasteiger partial charge in [0, 0.05) is 20.6 Å². The average Bonchev–Trinajstić information content (AvgIpc) is 2.27. The standard InChI is InChI=1S/C11H20N4O2S/c1-9(2)7-12-11-6-5-10(8-13-11)14-18(16,17)15(3)4/h5-6,8-9,14H,7H2,1-4H3,(H,12,13). The van der Waals surface area contributed by atoms with E-state index in [1.165, 1.54) is 20.3 Å². The fourth-order valence-electron chi connectivity index (χ4n) is 1.11. The first-order valence-corrected chi connectivity index (χ1v) is 7.15. The van der Waals surface area contributed by atoms with Crippen molar-refractivity contribution >= 4 is 21.7 Å². The molecule has 0 aliphatic heterocycles. The van der Waals surface area contributed by atoms with Crippen LogP contribution in [-0.2, 0) is 10.2 Å². The SMILES string of the molecule is CC(C)CNc1ccc(NS(=O)(=O)N(C)C)cn1. The van der Waals surface area contributed by atoms with Gasteiger partial charge in [0.15, 0.2) is 0 Å². The molecule has 0 fully saturated rings. The Kier molecular flexibility index (Phi) is 4.92. The molecule has 0 atom stereocenters. The highest BCUT2D eigenvalue weighted by atomic mass is 32.2. The molecule has 0 saturated carbocycles. The van der Waals surface area contributed by atoms with E-state index in [0.717, 1.165) is 16.7 Å². The minimum absolute atomic E-state index is 0.443. The molecule has 1 aromatic rings. The largest absolute Gasteiger partial charge is 0.370 e. The van der Waals surface area contributed by atoms with Gasteiger partial charge in [-0.15, -0.1) is 0 Å². The van der Waals surface area contributed by atoms with E-state index < -0.39 is 10.2 Å². The maximum atomic E-state index is 11.6. The summed E-state index contributed by atoms with van der Waals surface area (Å²) in [7, 11) is -0.534. The van der Waals surface area contributed by atoms with Crippen LogP contribution >= 0.6 is 0 Å². The second kappa shape index (κ2) is 6.01. The molecule has 0 bridgehead atoms. The molecular weight excluding hydrogens is 252 g/mol. The molecule has 0 amide bonds. The summed E-state index contributed by atoms with van der Waals surface area (Å²) in [5.74, 6) is 1.26. The van der Waals surface area contributed by atoms with Crippen LogP contribution in [0.2, 0.25) is 0 Å². The van der Waals surface area contributed by atoms with E-state index in [0.29, 0.717) is 11.6 Å². The van der Waals surface area contributed by atoms with Gasteiger partial charge >= 0.3 is 10.2 Å². The lowest BCUT2D eigenvalue weighted by atomic mass is 10.2. The number of pyridine rings is 1. The van der Waals surface area contributed by atoms with E-state index in [4.69, 9.17) is 0 Å². The van der Waals surface area contributed by atoms with Crippen LogP contribution in [0.3, 0.4) is 0 Å². The molecule has 0 aliphatic carbocycles. The van der Waals surface area contributed by atoms with Crippen LogP contribution in [0.25, 0.3) is 0 Å². The van der Waals surface area contributed by atoms with Crippen molar-refractivity contribution < 1.29 is 8.42 Å². The Labute approximate surface area is 109 Å². The van der Waals surface area contributed by atoms with Crippen molar-refractivity contribution in [3.63, 3.8) is 0 Å². The van der Waals surface area contributed by atoms with Crippen LogP contribution in [0.1, 0.15) is 13.8 Å². The number of anilines is 2. The number of hydrogen-bond donors (Lipinski definition) is 2. The highest BCUT2D eigenvalue weighted by Crippen LogP contribution is 2.12. The summed E-state index contributed by atoms with van der Waals surface area (Å²) >= 11 is 0. The molecule has 0 radical (unpaired) electrons. The Morgan fingerprint density at radius 1 is 1.33 bits per heavy atom. The summed E-state index contributed by atoms with van der Waals surface area (Å²) < 4.78 is 26.7. The van der Waals surface area contributed by atoms with Gasteiger partial charge in [0.25, 0.3) is 0 Å². The smallest absolute Gasteiger partial charge is 0.301 e. The fourth-order valence-corrected chi connectivity index (χ4v) is 1.71. The number of nitrogens with one attached hydrogen (secondary N) is 2. The predicted octanol–water partition coefficient (Wildman–Crippen LogP) is 1.37. The van der Waals surface area contributed by atoms with Gasteiger partial charge in [-0.1, -0.05) is 13.8 Å². The molecule has 7 heteroatoms. The van der Waals surface area contributed by atoms with Gasteiger partial charge in [-0.3, -0.25) is 4.72 Å². The van der Waals surface area contributed by atoms with Crippen molar-refractivity contribution in [3.05, 3.63) is 18.3 Å². The fraction of sp³-hybridized carbons (Fsp3) is 0.545. The van der Waals surface area contributed by atoms with E-state index in [-0.39, 0.29) is 0 Å². The maximum absolute atomic E-state index is 11.6. The second-order valence-corrected chi connectivity index (χ2v) is 6.48. The van der Waals surface area contributed by atoms with Crippen LogP contribution in [0.5, 0.6) is 0 Å². The molecule has 0 aromatic carbocycles. The zero-order valence-corrected chi connectivity index (χ0v) is 12.0. The summed E-state index contributed by atoms with van der Waals surface area (Å²) in [5, 5.41) is 3.16. The quantitative estimate of drug-likeness (QED) is 0.820. The van der Waals surface area contributed by atoms with Crippen molar-refractivity contribution in [1.29, 1.82) is 0 Å². The van der Waals surface area contributed by atoms with Crippen molar-refractivity contribution in [2.24, 2.45) is 5.92 Å². The number of nitrogens with zero attached hydrogens (tertiary/aromatic N) is 2. The molecule has 18 heavy (non-hydrogen) atoms. The van der Waals surface area contributed by atoms with Gasteiger partial charge < -0.3 is 5.32 Å². The zero-order valence-electron chi connectivity index (χ0n) is 11.1. The second-order valence-electron chi connectivity index (χ2n) is 4.60. The van der Waals surface area contributed by atoms with Crippen molar-refractivity contribution in [2.45, 2.75) is 13.8 Å². The molecule has 6 nitrogen and oxygen atoms in total. The zero-order chi connectivity index (χ0) is 13.8. The summed E-state index contributed by atoms with van der Waals surface area (Å²) in [4.78, 5) is 4.14. The summed E-state index contributed by atoms with van der Waals surface area (Å²) in [6.07, 6.45) is 1.49. The summed E-state index contributed by atoms with van der Waals surface area (Å²) in [6, 6.07) is 3.42. The summed E-state index contributed by atoms with van der Waals surface area (Å²) in [6.45, 7) is 5.04. The van der Waals surface area contributed by atoms with Gasteiger partial charge in [0.2, 0.25) is 0 Å². The summed E-state index contributed by atoms with van der Waals surface area (Å²) in [5.41, 5.74) is 0.443. The lowest BCUT2D eigenvalue weighted by molar-refractivity contribution is 0.527. The molecule has 0 unspecified atom stereocenters. The minimum atomic E-state index is -3.47. The first-order valence-electron chi connectivity index (χ1n) is 5.71. The predicted molar refractivity (Wildman–Crippen MR) is 73.8 cm³/mol. The average molecular weight is 272 g/mol. The third kappa shape index (κ3) is 4.50. The van der Waals surface area contributed by atoms with E-state index in [2.05, 4.69) is 28.9 Å². The molecule has 1 heterocycles. The molecule has 0 aliphatic rings.